The van der Waals surface area contributed by atoms with Crippen LogP contribution in [0.1, 0.15) is 44.1 Å². The van der Waals surface area contributed by atoms with E-state index in [-0.39, 0.29) is 35.0 Å². The van der Waals surface area contributed by atoms with Crippen molar-refractivity contribution in [2.75, 3.05) is 32.8 Å². The van der Waals surface area contributed by atoms with Crippen LogP contribution in [-0.4, -0.2) is 38.8 Å². The minimum atomic E-state index is -0.229. The third-order valence-electron chi connectivity index (χ3n) is 6.98. The number of hydrogen-bond acceptors (Lipinski definition) is 3. The van der Waals surface area contributed by atoms with Crippen molar-refractivity contribution in [3.63, 3.8) is 0 Å². The second kappa shape index (κ2) is 8.46. The van der Waals surface area contributed by atoms with Crippen LogP contribution in [0.3, 0.4) is 0 Å². The summed E-state index contributed by atoms with van der Waals surface area (Å²) in [5.74, 6) is 0.453. The van der Waals surface area contributed by atoms with Gasteiger partial charge in [0.1, 0.15) is 5.82 Å². The highest BCUT2D eigenvalue weighted by molar-refractivity contribution is 5.85. The Balaban J connectivity index is 0.00000210. The van der Waals surface area contributed by atoms with Gasteiger partial charge in [-0.3, -0.25) is 4.79 Å². The first-order valence-corrected chi connectivity index (χ1v) is 9.98. The number of halogens is 2. The Morgan fingerprint density at radius 1 is 1.19 bits per heavy atom. The number of carbonyl (C=O) groups is 1. The van der Waals surface area contributed by atoms with Crippen LogP contribution in [-0.2, 0) is 14.9 Å². The number of hydrogen-bond donors (Lipinski definition) is 2. The van der Waals surface area contributed by atoms with Gasteiger partial charge in [0, 0.05) is 31.7 Å². The number of ether oxygens (including phenoxy) is 1. The quantitative estimate of drug-likeness (QED) is 0.821. The van der Waals surface area contributed by atoms with Gasteiger partial charge < -0.3 is 15.4 Å². The molecule has 0 bridgehead atoms. The fourth-order valence-corrected chi connectivity index (χ4v) is 5.25. The predicted octanol–water partition coefficient (Wildman–Crippen LogP) is 3.19. The molecular weight excluding hydrogens is 367 g/mol. The van der Waals surface area contributed by atoms with Crippen molar-refractivity contribution in [2.24, 2.45) is 11.3 Å². The summed E-state index contributed by atoms with van der Waals surface area (Å²) in [7, 11) is 0. The minimum absolute atomic E-state index is 0. The molecule has 0 spiro atoms. The van der Waals surface area contributed by atoms with E-state index in [0.29, 0.717) is 25.7 Å². The summed E-state index contributed by atoms with van der Waals surface area (Å²) >= 11 is 0. The van der Waals surface area contributed by atoms with Crippen LogP contribution in [0.5, 0.6) is 0 Å². The second-order valence-corrected chi connectivity index (χ2v) is 8.31. The van der Waals surface area contributed by atoms with E-state index >= 15 is 0 Å². The van der Waals surface area contributed by atoms with E-state index in [2.05, 4.69) is 10.6 Å². The van der Waals surface area contributed by atoms with E-state index in [1.165, 1.54) is 18.6 Å². The first kappa shape index (κ1) is 20.6. The number of fused-ring (bicyclic) bond motifs is 1. The monoisotopic (exact) mass is 396 g/mol. The maximum atomic E-state index is 13.4. The first-order chi connectivity index (χ1) is 12.6. The average molecular weight is 397 g/mol. The SMILES string of the molecule is Cl.O=C(NCC1(c2ccc(F)cc2)CCOCC1)[C@@]12CCCC[C@H]1CNC2. The van der Waals surface area contributed by atoms with Crippen LogP contribution in [0.4, 0.5) is 4.39 Å². The van der Waals surface area contributed by atoms with E-state index in [1.807, 2.05) is 12.1 Å². The molecule has 1 saturated carbocycles. The molecule has 4 nitrogen and oxygen atoms in total. The molecule has 2 heterocycles. The highest BCUT2D eigenvalue weighted by atomic mass is 35.5. The summed E-state index contributed by atoms with van der Waals surface area (Å²) in [6.07, 6.45) is 6.22. The topological polar surface area (TPSA) is 50.4 Å². The smallest absolute Gasteiger partial charge is 0.227 e. The lowest BCUT2D eigenvalue weighted by Crippen LogP contribution is -2.52. The molecule has 1 aromatic carbocycles. The Morgan fingerprint density at radius 3 is 2.67 bits per heavy atom. The maximum Gasteiger partial charge on any atom is 0.227 e. The second-order valence-electron chi connectivity index (χ2n) is 8.31. The van der Waals surface area contributed by atoms with Crippen molar-refractivity contribution in [3.8, 4) is 0 Å². The van der Waals surface area contributed by atoms with Crippen molar-refractivity contribution >= 4 is 18.3 Å². The minimum Gasteiger partial charge on any atom is -0.381 e. The largest absolute Gasteiger partial charge is 0.381 e. The third-order valence-corrected chi connectivity index (χ3v) is 6.98. The van der Waals surface area contributed by atoms with Crippen LogP contribution >= 0.6 is 12.4 Å². The van der Waals surface area contributed by atoms with Gasteiger partial charge in [-0.15, -0.1) is 12.4 Å². The number of rotatable bonds is 4. The van der Waals surface area contributed by atoms with Gasteiger partial charge in [0.25, 0.3) is 0 Å². The Kier molecular flexibility index (Phi) is 6.44. The number of benzene rings is 1. The lowest BCUT2D eigenvalue weighted by molar-refractivity contribution is -0.134. The van der Waals surface area contributed by atoms with E-state index in [0.717, 1.165) is 50.8 Å². The number of amides is 1. The van der Waals surface area contributed by atoms with Gasteiger partial charge in [0.15, 0.2) is 0 Å². The van der Waals surface area contributed by atoms with Crippen LogP contribution in [0, 0.1) is 17.2 Å². The van der Waals surface area contributed by atoms with Gasteiger partial charge in [0.2, 0.25) is 5.91 Å². The highest BCUT2D eigenvalue weighted by Crippen LogP contribution is 2.44. The molecule has 2 saturated heterocycles. The molecule has 27 heavy (non-hydrogen) atoms. The lowest BCUT2D eigenvalue weighted by atomic mass is 9.67. The highest BCUT2D eigenvalue weighted by Gasteiger charge is 2.50. The molecule has 2 aliphatic heterocycles. The van der Waals surface area contributed by atoms with Crippen LogP contribution in [0.15, 0.2) is 24.3 Å². The van der Waals surface area contributed by atoms with Gasteiger partial charge in [0.05, 0.1) is 5.41 Å². The third kappa shape index (κ3) is 3.87. The summed E-state index contributed by atoms with van der Waals surface area (Å²) in [4.78, 5) is 13.2. The molecule has 1 aromatic rings. The van der Waals surface area contributed by atoms with Gasteiger partial charge in [-0.05, 0) is 55.8 Å². The molecule has 1 amide bonds. The molecule has 3 aliphatic rings. The molecule has 150 valence electrons. The summed E-state index contributed by atoms with van der Waals surface area (Å²) in [5, 5.41) is 6.76. The molecule has 2 atom stereocenters. The standard InChI is InChI=1S/C21H29FN2O2.ClH/c22-18-6-4-16(5-7-18)20(9-11-26-12-10-20)14-24-19(25)21-8-2-1-3-17(21)13-23-15-21;/h4-7,17,23H,1-3,8-15H2,(H,24,25);1H/t17-,21+;/m0./s1. The fraction of sp³-hybridized carbons (Fsp3) is 0.667. The number of nitrogens with one attached hydrogen (secondary N) is 2. The molecule has 6 heteroatoms. The zero-order valence-electron chi connectivity index (χ0n) is 15.8. The van der Waals surface area contributed by atoms with Crippen molar-refractivity contribution < 1.29 is 13.9 Å². The van der Waals surface area contributed by atoms with E-state index in [9.17, 15) is 9.18 Å². The Morgan fingerprint density at radius 2 is 1.93 bits per heavy atom. The zero-order valence-corrected chi connectivity index (χ0v) is 16.6. The molecule has 4 rings (SSSR count). The zero-order chi connectivity index (χ0) is 18.0. The van der Waals surface area contributed by atoms with Crippen molar-refractivity contribution in [1.82, 2.24) is 10.6 Å². The normalized spacial score (nSPS) is 29.4. The van der Waals surface area contributed by atoms with Crippen LogP contribution in [0.2, 0.25) is 0 Å². The van der Waals surface area contributed by atoms with Gasteiger partial charge in [-0.25, -0.2) is 4.39 Å². The summed E-state index contributed by atoms with van der Waals surface area (Å²) in [6, 6.07) is 6.77. The van der Waals surface area contributed by atoms with E-state index < -0.39 is 0 Å². The predicted molar refractivity (Wildman–Crippen MR) is 106 cm³/mol. The van der Waals surface area contributed by atoms with Crippen LogP contribution < -0.4 is 10.6 Å². The Labute approximate surface area is 167 Å². The molecule has 0 radical (unpaired) electrons. The molecule has 1 aliphatic carbocycles. The Hall–Kier alpha value is -1.17. The molecular formula is C21H30ClFN2O2. The maximum absolute atomic E-state index is 13.4. The average Bonchev–Trinajstić information content (AvgIpc) is 3.13. The first-order valence-electron chi connectivity index (χ1n) is 9.98. The summed E-state index contributed by atoms with van der Waals surface area (Å²) in [5.41, 5.74) is 0.715. The summed E-state index contributed by atoms with van der Waals surface area (Å²) < 4.78 is 18.9. The number of carbonyl (C=O) groups excluding carboxylic acids is 1. The molecule has 0 aromatic heterocycles. The summed E-state index contributed by atoms with van der Waals surface area (Å²) in [6.45, 7) is 3.74. The molecule has 2 N–H and O–H groups in total. The van der Waals surface area contributed by atoms with Gasteiger partial charge >= 0.3 is 0 Å². The van der Waals surface area contributed by atoms with Gasteiger partial charge in [-0.2, -0.15) is 0 Å². The van der Waals surface area contributed by atoms with E-state index in [4.69, 9.17) is 4.74 Å². The molecule has 3 fully saturated rings. The fourth-order valence-electron chi connectivity index (χ4n) is 5.25. The lowest BCUT2D eigenvalue weighted by Gasteiger charge is -2.41. The molecule has 0 unspecified atom stereocenters. The van der Waals surface area contributed by atoms with Crippen molar-refractivity contribution in [1.29, 1.82) is 0 Å². The van der Waals surface area contributed by atoms with Crippen LogP contribution in [0.25, 0.3) is 0 Å². The van der Waals surface area contributed by atoms with E-state index in [1.54, 1.807) is 0 Å². The van der Waals surface area contributed by atoms with Crippen molar-refractivity contribution in [2.45, 2.75) is 43.9 Å². The van der Waals surface area contributed by atoms with Gasteiger partial charge in [-0.1, -0.05) is 25.0 Å². The van der Waals surface area contributed by atoms with Crippen molar-refractivity contribution in [3.05, 3.63) is 35.6 Å². The Bertz CT molecular complexity index is 648.